The molecule has 3 heteroatoms. The van der Waals surface area contributed by atoms with Gasteiger partial charge < -0.3 is 5.32 Å². The van der Waals surface area contributed by atoms with Gasteiger partial charge in [0.05, 0.1) is 0 Å². The minimum Gasteiger partial charge on any atom is -0.319 e. The summed E-state index contributed by atoms with van der Waals surface area (Å²) in [6, 6.07) is 10.0. The Morgan fingerprint density at radius 1 is 1.21 bits per heavy atom. The number of carbonyl (C=O) groups is 1. The monoisotopic (exact) mass is 273 g/mol. The zero-order valence-corrected chi connectivity index (χ0v) is 12.0. The number of likely N-dealkylation sites (N-methyl/N-ethyl adjacent to an activating group) is 1. The molecule has 0 unspecified atom stereocenters. The van der Waals surface area contributed by atoms with Gasteiger partial charge in [-0.2, -0.15) is 11.3 Å². The maximum absolute atomic E-state index is 12.3. The normalized spacial score (nSPS) is 10.6. The highest BCUT2D eigenvalue weighted by molar-refractivity contribution is 7.07. The number of rotatable bonds is 7. The summed E-state index contributed by atoms with van der Waals surface area (Å²) in [5, 5.41) is 7.29. The van der Waals surface area contributed by atoms with Gasteiger partial charge in [0.2, 0.25) is 0 Å². The summed E-state index contributed by atoms with van der Waals surface area (Å²) < 4.78 is 0. The van der Waals surface area contributed by atoms with Gasteiger partial charge in [-0.3, -0.25) is 4.79 Å². The van der Waals surface area contributed by atoms with Crippen molar-refractivity contribution in [3.05, 3.63) is 57.8 Å². The number of ketones is 1. The van der Waals surface area contributed by atoms with Crippen LogP contribution in [0.3, 0.4) is 0 Å². The lowest BCUT2D eigenvalue weighted by molar-refractivity contribution is 0.0982. The molecule has 1 aromatic heterocycles. The third-order valence-corrected chi connectivity index (χ3v) is 3.91. The van der Waals surface area contributed by atoms with E-state index in [0.717, 1.165) is 30.5 Å². The number of Topliss-reactive ketones (excluding diaryl/α,β-unsaturated/α-hetero) is 1. The van der Waals surface area contributed by atoms with Gasteiger partial charge in [-0.25, -0.2) is 0 Å². The molecule has 1 N–H and O–H groups in total. The first kappa shape index (κ1) is 14.0. The van der Waals surface area contributed by atoms with Crippen LogP contribution in [0.2, 0.25) is 0 Å². The minimum absolute atomic E-state index is 0.248. The van der Waals surface area contributed by atoms with Crippen molar-refractivity contribution in [2.75, 3.05) is 13.6 Å². The minimum atomic E-state index is 0.248. The molecule has 1 aromatic carbocycles. The maximum atomic E-state index is 12.3. The second-order valence-electron chi connectivity index (χ2n) is 4.57. The summed E-state index contributed by atoms with van der Waals surface area (Å²) in [4.78, 5) is 12.3. The van der Waals surface area contributed by atoms with E-state index in [4.69, 9.17) is 0 Å². The highest BCUT2D eigenvalue weighted by Gasteiger charge is 2.10. The Kier molecular flexibility index (Phi) is 5.31. The lowest BCUT2D eigenvalue weighted by atomic mass is 9.97. The summed E-state index contributed by atoms with van der Waals surface area (Å²) in [6.45, 7) is 0.898. The van der Waals surface area contributed by atoms with Crippen LogP contribution in [0.25, 0.3) is 0 Å². The molecular weight excluding hydrogens is 254 g/mol. The molecule has 0 aliphatic rings. The zero-order valence-electron chi connectivity index (χ0n) is 11.2. The van der Waals surface area contributed by atoms with Crippen LogP contribution in [0.1, 0.15) is 27.9 Å². The highest BCUT2D eigenvalue weighted by atomic mass is 32.1. The van der Waals surface area contributed by atoms with Crippen LogP contribution in [0, 0.1) is 0 Å². The topological polar surface area (TPSA) is 29.1 Å². The molecule has 100 valence electrons. The van der Waals surface area contributed by atoms with Gasteiger partial charge in [0, 0.05) is 12.0 Å². The Labute approximate surface area is 118 Å². The molecule has 19 heavy (non-hydrogen) atoms. The van der Waals surface area contributed by atoms with Crippen LogP contribution in [-0.4, -0.2) is 19.4 Å². The quantitative estimate of drug-likeness (QED) is 0.784. The average molecular weight is 273 g/mol. The van der Waals surface area contributed by atoms with Crippen molar-refractivity contribution >= 4 is 17.1 Å². The first-order chi connectivity index (χ1) is 9.31. The van der Waals surface area contributed by atoms with E-state index < -0.39 is 0 Å². The van der Waals surface area contributed by atoms with Crippen molar-refractivity contribution in [2.45, 2.75) is 19.3 Å². The molecule has 2 rings (SSSR count). The van der Waals surface area contributed by atoms with Crippen molar-refractivity contribution in [3.63, 3.8) is 0 Å². The molecule has 2 nitrogen and oxygen atoms in total. The van der Waals surface area contributed by atoms with Gasteiger partial charge >= 0.3 is 0 Å². The molecule has 0 bridgehead atoms. The molecule has 0 radical (unpaired) electrons. The molecular formula is C16H19NOS. The van der Waals surface area contributed by atoms with Crippen molar-refractivity contribution in [2.24, 2.45) is 0 Å². The van der Waals surface area contributed by atoms with E-state index in [0.29, 0.717) is 6.42 Å². The number of aryl methyl sites for hydroxylation is 1. The Morgan fingerprint density at radius 3 is 2.79 bits per heavy atom. The fourth-order valence-electron chi connectivity index (χ4n) is 2.10. The maximum Gasteiger partial charge on any atom is 0.163 e. The van der Waals surface area contributed by atoms with Crippen LogP contribution in [0.5, 0.6) is 0 Å². The van der Waals surface area contributed by atoms with Gasteiger partial charge in [-0.15, -0.1) is 0 Å². The van der Waals surface area contributed by atoms with Crippen LogP contribution < -0.4 is 5.32 Å². The lowest BCUT2D eigenvalue weighted by Gasteiger charge is -2.08. The second kappa shape index (κ2) is 7.22. The molecule has 0 aliphatic carbocycles. The van der Waals surface area contributed by atoms with Gasteiger partial charge in [0.15, 0.2) is 5.78 Å². The molecule has 0 spiro atoms. The summed E-state index contributed by atoms with van der Waals surface area (Å²) in [5.74, 6) is 0.248. The van der Waals surface area contributed by atoms with E-state index in [-0.39, 0.29) is 5.78 Å². The van der Waals surface area contributed by atoms with Crippen LogP contribution in [0.15, 0.2) is 41.1 Å². The predicted molar refractivity (Wildman–Crippen MR) is 81.0 cm³/mol. The Morgan fingerprint density at radius 2 is 2.05 bits per heavy atom. The average Bonchev–Trinajstić information content (AvgIpc) is 2.96. The number of carbonyl (C=O) groups excluding carboxylic acids is 1. The van der Waals surface area contributed by atoms with Crippen LogP contribution >= 0.6 is 11.3 Å². The molecule has 2 aromatic rings. The Bertz CT molecular complexity index is 519. The Hall–Kier alpha value is -1.45. The molecule has 1 heterocycles. The number of benzene rings is 1. The molecule has 0 fully saturated rings. The molecule has 0 saturated heterocycles. The fourth-order valence-corrected chi connectivity index (χ4v) is 2.80. The molecule has 0 aliphatic heterocycles. The summed E-state index contributed by atoms with van der Waals surface area (Å²) in [7, 11) is 1.93. The third-order valence-electron chi connectivity index (χ3n) is 3.18. The summed E-state index contributed by atoms with van der Waals surface area (Å²) in [6.07, 6.45) is 2.33. The van der Waals surface area contributed by atoms with Crippen LogP contribution in [0.4, 0.5) is 0 Å². The van der Waals surface area contributed by atoms with Crippen molar-refractivity contribution in [3.8, 4) is 0 Å². The first-order valence-electron chi connectivity index (χ1n) is 6.58. The van der Waals surface area contributed by atoms with Gasteiger partial charge in [0.25, 0.3) is 0 Å². The molecule has 0 atom stereocenters. The van der Waals surface area contributed by atoms with Gasteiger partial charge in [0.1, 0.15) is 0 Å². The smallest absolute Gasteiger partial charge is 0.163 e. The third kappa shape index (κ3) is 4.01. The van der Waals surface area contributed by atoms with E-state index in [1.807, 2.05) is 25.2 Å². The SMILES string of the molecule is CNCCc1ccccc1C(=O)CCc1ccsc1. The largest absolute Gasteiger partial charge is 0.319 e. The number of nitrogens with one attached hydrogen (secondary N) is 1. The number of thiophene rings is 1. The van der Waals surface area contributed by atoms with E-state index in [9.17, 15) is 4.79 Å². The second-order valence-corrected chi connectivity index (χ2v) is 5.35. The zero-order chi connectivity index (χ0) is 13.5. The lowest BCUT2D eigenvalue weighted by Crippen LogP contribution is -2.13. The number of hydrogen-bond donors (Lipinski definition) is 1. The first-order valence-corrected chi connectivity index (χ1v) is 7.52. The summed E-state index contributed by atoms with van der Waals surface area (Å²) in [5.41, 5.74) is 3.28. The Balaban J connectivity index is 2.01. The van der Waals surface area contributed by atoms with E-state index >= 15 is 0 Å². The van der Waals surface area contributed by atoms with E-state index in [1.165, 1.54) is 5.56 Å². The number of hydrogen-bond acceptors (Lipinski definition) is 3. The van der Waals surface area contributed by atoms with E-state index in [1.54, 1.807) is 11.3 Å². The van der Waals surface area contributed by atoms with Gasteiger partial charge in [-0.05, 0) is 54.4 Å². The van der Waals surface area contributed by atoms with Crippen LogP contribution in [-0.2, 0) is 12.8 Å². The molecule has 0 saturated carbocycles. The van der Waals surface area contributed by atoms with Gasteiger partial charge in [-0.1, -0.05) is 24.3 Å². The predicted octanol–water partition coefficient (Wildman–Crippen LogP) is 3.33. The fraction of sp³-hybridized carbons (Fsp3) is 0.312. The van der Waals surface area contributed by atoms with Crippen molar-refractivity contribution in [1.82, 2.24) is 5.32 Å². The summed E-state index contributed by atoms with van der Waals surface area (Å²) >= 11 is 1.68. The molecule has 0 amide bonds. The van der Waals surface area contributed by atoms with Crippen molar-refractivity contribution in [1.29, 1.82) is 0 Å². The van der Waals surface area contributed by atoms with E-state index in [2.05, 4.69) is 28.2 Å². The standard InChI is InChI=1S/C16H19NOS/c1-17-10-8-14-4-2-3-5-15(14)16(18)7-6-13-9-11-19-12-13/h2-5,9,11-12,17H,6-8,10H2,1H3. The highest BCUT2D eigenvalue weighted by Crippen LogP contribution is 2.15. The van der Waals surface area contributed by atoms with Crippen molar-refractivity contribution < 1.29 is 4.79 Å².